The molecule has 0 radical (unpaired) electrons. The van der Waals surface area contributed by atoms with Crippen LogP contribution in [0.1, 0.15) is 61.9 Å². The minimum absolute atomic E-state index is 0.0957. The summed E-state index contributed by atoms with van der Waals surface area (Å²) in [6, 6.07) is 11.5. The van der Waals surface area contributed by atoms with Gasteiger partial charge in [-0.25, -0.2) is 4.39 Å². The summed E-state index contributed by atoms with van der Waals surface area (Å²) in [5.41, 5.74) is 1.83. The van der Waals surface area contributed by atoms with Gasteiger partial charge in [0.1, 0.15) is 11.9 Å². The van der Waals surface area contributed by atoms with E-state index in [2.05, 4.69) is 5.32 Å². The number of carbonyl (C=O) groups excluding carboxylic acids is 2. The number of rotatable bonds is 8. The fourth-order valence-electron chi connectivity index (χ4n) is 5.25. The van der Waals surface area contributed by atoms with E-state index in [1.807, 2.05) is 18.4 Å². The first-order valence-corrected chi connectivity index (χ1v) is 13.2. The Labute approximate surface area is 240 Å². The minimum Gasteiger partial charge on any atom is -0.462 e. The van der Waals surface area contributed by atoms with Crippen molar-refractivity contribution >= 4 is 17.6 Å². The van der Waals surface area contributed by atoms with Gasteiger partial charge in [0.05, 0.1) is 30.6 Å². The molecule has 1 aliphatic heterocycles. The zero-order valence-electron chi connectivity index (χ0n) is 27.3. The molecule has 6 nitrogen and oxygen atoms in total. The summed E-state index contributed by atoms with van der Waals surface area (Å²) in [5.74, 6) is -1.90. The molecule has 7 heteroatoms. The molecule has 206 valence electrons. The first-order valence-electron chi connectivity index (χ1n) is 15.7. The van der Waals surface area contributed by atoms with Crippen molar-refractivity contribution in [2.45, 2.75) is 57.8 Å². The number of para-hydroxylation sites is 1. The number of carbonyl (C=O) groups is 2. The lowest BCUT2D eigenvalue weighted by atomic mass is 9.94. The molecular formula is C33H33FN2O4. The lowest BCUT2D eigenvalue weighted by molar-refractivity contribution is -0.160. The summed E-state index contributed by atoms with van der Waals surface area (Å²) in [5, 5.41) is 13.1. The van der Waals surface area contributed by atoms with Crippen molar-refractivity contribution in [3.05, 3.63) is 102 Å². The van der Waals surface area contributed by atoms with E-state index in [4.69, 9.17) is 11.6 Å². The topological polar surface area (TPSA) is 80.6 Å². The van der Waals surface area contributed by atoms with Crippen LogP contribution < -0.4 is 5.32 Å². The third kappa shape index (κ3) is 5.84. The zero-order chi connectivity index (χ0) is 32.6. The molecule has 0 aliphatic carbocycles. The van der Waals surface area contributed by atoms with Gasteiger partial charge in [-0.15, -0.1) is 0 Å². The van der Waals surface area contributed by atoms with Crippen molar-refractivity contribution in [3.63, 3.8) is 0 Å². The number of aliphatic hydroxyl groups is 1. The lowest BCUT2D eigenvalue weighted by Gasteiger charge is -2.27. The number of nitrogens with one attached hydrogen (secondary N) is 1. The number of anilines is 1. The van der Waals surface area contributed by atoms with Gasteiger partial charge in [-0.2, -0.15) is 0 Å². The number of aliphatic hydroxyl groups excluding tert-OH is 1. The van der Waals surface area contributed by atoms with Crippen LogP contribution in [0.2, 0.25) is 0 Å². The fraction of sp³-hybridized carbons (Fsp3) is 0.273. The number of cyclic esters (lactones) is 1. The molecular weight excluding hydrogens is 507 g/mol. The number of hydrogen-bond donors (Lipinski definition) is 2. The smallest absolute Gasteiger partial charge is 0.308 e. The predicted octanol–water partition coefficient (Wildman–Crippen LogP) is 6.79. The SMILES string of the molecule is [2H]c1c([2H])c([2H])c(-c2c(C(=O)Nc3ccccc3)c(C(C)C)n(CC[C@H]3C[C@@H](O)CC(=O)O3)c2-c2ccc(F)cc2)c([2H])c1[2H]. The van der Waals surface area contributed by atoms with E-state index in [9.17, 15) is 19.1 Å². The van der Waals surface area contributed by atoms with E-state index >= 15 is 0 Å². The van der Waals surface area contributed by atoms with Gasteiger partial charge < -0.3 is 19.7 Å². The Morgan fingerprint density at radius 3 is 2.45 bits per heavy atom. The molecule has 1 amide bonds. The van der Waals surface area contributed by atoms with Crippen LogP contribution in [0, 0.1) is 5.82 Å². The van der Waals surface area contributed by atoms with Gasteiger partial charge in [0.2, 0.25) is 0 Å². The summed E-state index contributed by atoms with van der Waals surface area (Å²) >= 11 is 0. The monoisotopic (exact) mass is 545 g/mol. The predicted molar refractivity (Wildman–Crippen MR) is 153 cm³/mol. The molecule has 3 aromatic carbocycles. The Kier molecular flexibility index (Phi) is 6.41. The Bertz CT molecular complexity index is 1730. The van der Waals surface area contributed by atoms with Crippen molar-refractivity contribution in [2.75, 3.05) is 5.32 Å². The highest BCUT2D eigenvalue weighted by molar-refractivity contribution is 6.12. The van der Waals surface area contributed by atoms with Crippen molar-refractivity contribution < 1.29 is 30.7 Å². The molecule has 0 spiro atoms. The second-order valence-electron chi connectivity index (χ2n) is 10.1. The van der Waals surface area contributed by atoms with Gasteiger partial charge in [0.25, 0.3) is 5.91 Å². The Morgan fingerprint density at radius 2 is 1.80 bits per heavy atom. The van der Waals surface area contributed by atoms with Gasteiger partial charge >= 0.3 is 5.97 Å². The minimum atomic E-state index is -0.851. The van der Waals surface area contributed by atoms with Crippen LogP contribution in [0.5, 0.6) is 0 Å². The van der Waals surface area contributed by atoms with E-state index in [-0.39, 0.29) is 48.4 Å². The summed E-state index contributed by atoms with van der Waals surface area (Å²) in [7, 11) is 0. The van der Waals surface area contributed by atoms with Crippen molar-refractivity contribution in [2.24, 2.45) is 0 Å². The highest BCUT2D eigenvalue weighted by atomic mass is 19.1. The molecule has 1 saturated heterocycles. The van der Waals surface area contributed by atoms with E-state index in [0.717, 1.165) is 0 Å². The van der Waals surface area contributed by atoms with Crippen LogP contribution in [0.4, 0.5) is 10.1 Å². The van der Waals surface area contributed by atoms with E-state index in [1.54, 1.807) is 30.3 Å². The Hall–Kier alpha value is -4.23. The first kappa shape index (κ1) is 21.6. The van der Waals surface area contributed by atoms with Crippen molar-refractivity contribution in [3.8, 4) is 22.4 Å². The third-order valence-corrected chi connectivity index (χ3v) is 6.89. The molecule has 1 fully saturated rings. The quantitative estimate of drug-likeness (QED) is 0.239. The maximum Gasteiger partial charge on any atom is 0.308 e. The summed E-state index contributed by atoms with van der Waals surface area (Å²) in [6.45, 7) is 3.92. The lowest BCUT2D eigenvalue weighted by Crippen LogP contribution is -2.33. The number of amides is 1. The summed E-state index contributed by atoms with van der Waals surface area (Å²) in [6.07, 6.45) is -1.08. The zero-order valence-corrected chi connectivity index (χ0v) is 22.3. The number of benzene rings is 3. The maximum atomic E-state index is 14.3. The number of halogens is 1. The molecule has 5 rings (SSSR count). The van der Waals surface area contributed by atoms with E-state index < -0.39 is 60.1 Å². The third-order valence-electron chi connectivity index (χ3n) is 6.89. The Morgan fingerprint density at radius 1 is 1.10 bits per heavy atom. The van der Waals surface area contributed by atoms with Crippen LogP contribution in [-0.2, 0) is 16.1 Å². The van der Waals surface area contributed by atoms with Crippen molar-refractivity contribution in [1.29, 1.82) is 0 Å². The summed E-state index contributed by atoms with van der Waals surface area (Å²) in [4.78, 5) is 26.4. The number of esters is 1. The highest BCUT2D eigenvalue weighted by Gasteiger charge is 2.32. The van der Waals surface area contributed by atoms with Gasteiger partial charge in [-0.1, -0.05) is 62.3 Å². The van der Waals surface area contributed by atoms with E-state index in [0.29, 0.717) is 22.6 Å². The standard InChI is InChI=1S/C33H33FN2O4/c1-21(2)31-30(33(39)35-25-11-7-4-8-12-25)29(22-9-5-3-6-10-22)32(23-13-15-24(34)16-14-23)36(31)18-17-27-19-26(37)20-28(38)40-27/h3-16,21,26-27,37H,17-20H2,1-2H3,(H,35,39)/t26-,27+/m1/s1/i3D,5D,6D,9D,10D. The number of aromatic nitrogens is 1. The van der Waals surface area contributed by atoms with Crippen LogP contribution in [0.15, 0.2) is 84.8 Å². The molecule has 1 aliphatic rings. The highest BCUT2D eigenvalue weighted by Crippen LogP contribution is 2.42. The second-order valence-corrected chi connectivity index (χ2v) is 10.1. The van der Waals surface area contributed by atoms with Gasteiger partial charge in [0.15, 0.2) is 0 Å². The fourth-order valence-corrected chi connectivity index (χ4v) is 5.25. The molecule has 40 heavy (non-hydrogen) atoms. The molecule has 2 atom stereocenters. The van der Waals surface area contributed by atoms with Crippen molar-refractivity contribution in [1.82, 2.24) is 4.57 Å². The van der Waals surface area contributed by atoms with Gasteiger partial charge in [-0.05, 0) is 53.4 Å². The molecule has 1 aromatic heterocycles. The molecule has 0 bridgehead atoms. The van der Waals surface area contributed by atoms with Crippen LogP contribution in [0.25, 0.3) is 22.4 Å². The molecule has 2 N–H and O–H groups in total. The largest absolute Gasteiger partial charge is 0.462 e. The number of hydrogen-bond acceptors (Lipinski definition) is 4. The molecule has 0 saturated carbocycles. The first-order chi connectivity index (χ1) is 21.4. The Balaban J connectivity index is 1.84. The molecule has 0 unspecified atom stereocenters. The molecule has 4 aromatic rings. The van der Waals surface area contributed by atoms with Gasteiger partial charge in [-0.3, -0.25) is 9.59 Å². The van der Waals surface area contributed by atoms with Gasteiger partial charge in [0, 0.05) is 36.3 Å². The van der Waals surface area contributed by atoms with Crippen LogP contribution >= 0.6 is 0 Å². The maximum absolute atomic E-state index is 14.3. The number of ether oxygens (including phenoxy) is 1. The summed E-state index contributed by atoms with van der Waals surface area (Å²) < 4.78 is 64.2. The van der Waals surface area contributed by atoms with E-state index in [1.165, 1.54) is 24.3 Å². The average molecular weight is 546 g/mol. The number of nitrogens with zero attached hydrogens (tertiary/aromatic N) is 1. The average Bonchev–Trinajstić information content (AvgIpc) is 3.33. The normalized spacial score (nSPS) is 18.8. The molecule has 2 heterocycles. The van der Waals surface area contributed by atoms with Crippen LogP contribution in [0.3, 0.4) is 0 Å². The van der Waals surface area contributed by atoms with Crippen LogP contribution in [-0.4, -0.2) is 33.8 Å². The second kappa shape index (κ2) is 11.9.